The molecule has 1 unspecified atom stereocenters. The maximum absolute atomic E-state index is 10.4. The summed E-state index contributed by atoms with van der Waals surface area (Å²) in [6.45, 7) is 2.16. The molecule has 1 aromatic carbocycles. The average molecular weight is 253 g/mol. The minimum Gasteiger partial charge on any atom is -0.496 e. The van der Waals surface area contributed by atoms with Crippen LogP contribution in [0, 0.1) is 0 Å². The van der Waals surface area contributed by atoms with E-state index >= 15 is 0 Å². The monoisotopic (exact) mass is 253 g/mol. The fraction of sp³-hybridized carbons (Fsp3) is 0.462. The molecule has 0 aromatic heterocycles. The van der Waals surface area contributed by atoms with Gasteiger partial charge in [0, 0.05) is 18.2 Å². The van der Waals surface area contributed by atoms with E-state index in [-0.39, 0.29) is 19.0 Å². The van der Waals surface area contributed by atoms with Crippen LogP contribution in [0.4, 0.5) is 0 Å². The zero-order valence-electron chi connectivity index (χ0n) is 10.6. The second-order valence-corrected chi connectivity index (χ2v) is 4.12. The van der Waals surface area contributed by atoms with Crippen LogP contribution in [0.5, 0.6) is 5.75 Å². The molecule has 3 N–H and O–H groups in total. The van der Waals surface area contributed by atoms with Crippen LogP contribution in [-0.4, -0.2) is 35.9 Å². The summed E-state index contributed by atoms with van der Waals surface area (Å²) < 4.78 is 5.24. The molecule has 5 nitrogen and oxygen atoms in total. The van der Waals surface area contributed by atoms with E-state index in [1.54, 1.807) is 7.11 Å². The number of methoxy groups -OCH3 is 1. The van der Waals surface area contributed by atoms with Gasteiger partial charge in [-0.25, -0.2) is 0 Å². The number of benzene rings is 1. The van der Waals surface area contributed by atoms with Gasteiger partial charge in [-0.05, 0) is 13.0 Å². The number of carboxylic acid groups (broad SMARTS) is 1. The van der Waals surface area contributed by atoms with Crippen molar-refractivity contribution in [1.82, 2.24) is 5.32 Å². The second-order valence-electron chi connectivity index (χ2n) is 4.12. The molecule has 0 saturated carbocycles. The van der Waals surface area contributed by atoms with E-state index in [0.717, 1.165) is 11.3 Å². The maximum Gasteiger partial charge on any atom is 0.306 e. The van der Waals surface area contributed by atoms with Crippen molar-refractivity contribution in [3.8, 4) is 5.75 Å². The summed E-state index contributed by atoms with van der Waals surface area (Å²) in [6.07, 6.45) is -1.15. The predicted octanol–water partition coefficient (Wildman–Crippen LogP) is 1.18. The van der Waals surface area contributed by atoms with E-state index in [1.807, 2.05) is 31.2 Å². The summed E-state index contributed by atoms with van der Waals surface area (Å²) in [5, 5.41) is 21.1. The van der Waals surface area contributed by atoms with Crippen molar-refractivity contribution >= 4 is 5.97 Å². The Hall–Kier alpha value is -1.59. The number of hydrogen-bond donors (Lipinski definition) is 3. The molecule has 100 valence electrons. The molecule has 0 radical (unpaired) electrons. The smallest absolute Gasteiger partial charge is 0.306 e. The highest BCUT2D eigenvalue weighted by Crippen LogP contribution is 2.24. The maximum atomic E-state index is 10.4. The van der Waals surface area contributed by atoms with Gasteiger partial charge in [0.2, 0.25) is 0 Å². The predicted molar refractivity (Wildman–Crippen MR) is 67.7 cm³/mol. The molecule has 0 heterocycles. The lowest BCUT2D eigenvalue weighted by Gasteiger charge is -2.18. The van der Waals surface area contributed by atoms with E-state index < -0.39 is 12.1 Å². The third-order valence-corrected chi connectivity index (χ3v) is 2.68. The van der Waals surface area contributed by atoms with E-state index in [1.165, 1.54) is 0 Å². The lowest BCUT2D eigenvalue weighted by Crippen LogP contribution is -2.30. The van der Waals surface area contributed by atoms with Gasteiger partial charge in [-0.3, -0.25) is 4.79 Å². The normalized spacial score (nSPS) is 13.9. The number of para-hydroxylation sites is 1. The Kier molecular flexibility index (Phi) is 5.61. The number of aliphatic carboxylic acids is 1. The third kappa shape index (κ3) is 4.35. The van der Waals surface area contributed by atoms with Crippen LogP contribution in [0.15, 0.2) is 24.3 Å². The van der Waals surface area contributed by atoms with Gasteiger partial charge in [0.1, 0.15) is 5.75 Å². The minimum atomic E-state index is -1.01. The van der Waals surface area contributed by atoms with Crippen LogP contribution < -0.4 is 10.1 Å². The molecule has 18 heavy (non-hydrogen) atoms. The summed E-state index contributed by atoms with van der Waals surface area (Å²) in [5.74, 6) is -0.237. The molecule has 0 aliphatic heterocycles. The highest BCUT2D eigenvalue weighted by molar-refractivity contribution is 5.67. The molecule has 0 spiro atoms. The van der Waals surface area contributed by atoms with Crippen molar-refractivity contribution < 1.29 is 19.7 Å². The number of carboxylic acids is 1. The van der Waals surface area contributed by atoms with Crippen LogP contribution in [0.25, 0.3) is 0 Å². The molecule has 0 aliphatic carbocycles. The Morgan fingerprint density at radius 1 is 1.44 bits per heavy atom. The van der Waals surface area contributed by atoms with Crippen molar-refractivity contribution in [2.75, 3.05) is 13.7 Å². The SMILES string of the molecule is COc1ccccc1[C@H](C)NCC(O)CC(=O)O. The van der Waals surface area contributed by atoms with Gasteiger partial charge in [-0.1, -0.05) is 18.2 Å². The largest absolute Gasteiger partial charge is 0.496 e. The molecule has 0 aliphatic rings. The number of hydrogen-bond acceptors (Lipinski definition) is 4. The first-order chi connectivity index (χ1) is 8.54. The van der Waals surface area contributed by atoms with E-state index in [0.29, 0.717) is 0 Å². The van der Waals surface area contributed by atoms with E-state index in [9.17, 15) is 9.90 Å². The van der Waals surface area contributed by atoms with Crippen LogP contribution in [0.1, 0.15) is 24.9 Å². The highest BCUT2D eigenvalue weighted by atomic mass is 16.5. The van der Waals surface area contributed by atoms with Crippen LogP contribution in [0.3, 0.4) is 0 Å². The first-order valence-electron chi connectivity index (χ1n) is 5.80. The summed E-state index contributed by atoms with van der Waals surface area (Å²) in [6, 6.07) is 7.56. The van der Waals surface area contributed by atoms with Crippen molar-refractivity contribution in [2.24, 2.45) is 0 Å². The second kappa shape index (κ2) is 6.98. The number of carbonyl (C=O) groups is 1. The number of ether oxygens (including phenoxy) is 1. The van der Waals surface area contributed by atoms with Gasteiger partial charge in [0.15, 0.2) is 0 Å². The average Bonchev–Trinajstić information content (AvgIpc) is 2.35. The van der Waals surface area contributed by atoms with Gasteiger partial charge < -0.3 is 20.3 Å². The molecule has 0 saturated heterocycles. The zero-order chi connectivity index (χ0) is 13.5. The molecule has 1 aromatic rings. The van der Waals surface area contributed by atoms with Gasteiger partial charge >= 0.3 is 5.97 Å². The Morgan fingerprint density at radius 3 is 2.72 bits per heavy atom. The molecule has 1 rings (SSSR count). The topological polar surface area (TPSA) is 78.8 Å². The van der Waals surface area contributed by atoms with Crippen molar-refractivity contribution in [3.63, 3.8) is 0 Å². The summed E-state index contributed by atoms with van der Waals surface area (Å²) in [4.78, 5) is 10.4. The molecular formula is C13H19NO4. The third-order valence-electron chi connectivity index (χ3n) is 2.68. The van der Waals surface area contributed by atoms with E-state index in [2.05, 4.69) is 5.32 Å². The number of aliphatic hydroxyl groups is 1. The fourth-order valence-electron chi connectivity index (χ4n) is 1.72. The minimum absolute atomic E-state index is 0.0235. The summed E-state index contributed by atoms with van der Waals surface area (Å²) in [7, 11) is 1.60. The number of aliphatic hydroxyl groups excluding tert-OH is 1. The molecule has 0 bridgehead atoms. The fourth-order valence-corrected chi connectivity index (χ4v) is 1.72. The summed E-state index contributed by atoms with van der Waals surface area (Å²) >= 11 is 0. The quantitative estimate of drug-likeness (QED) is 0.680. The Balaban J connectivity index is 2.54. The number of nitrogens with one attached hydrogen (secondary N) is 1. The lowest BCUT2D eigenvalue weighted by molar-refractivity contribution is -0.139. The van der Waals surface area contributed by atoms with E-state index in [4.69, 9.17) is 9.84 Å². The van der Waals surface area contributed by atoms with Gasteiger partial charge in [-0.2, -0.15) is 0 Å². The molecule has 2 atom stereocenters. The Labute approximate surface area is 106 Å². The standard InChI is InChI=1S/C13H19NO4/c1-9(14-8-10(15)7-13(16)17)11-5-3-4-6-12(11)18-2/h3-6,9-10,14-15H,7-8H2,1-2H3,(H,16,17)/t9-,10?/m0/s1. The molecule has 0 fully saturated rings. The van der Waals surface area contributed by atoms with Gasteiger partial charge in [-0.15, -0.1) is 0 Å². The molecular weight excluding hydrogens is 234 g/mol. The molecule has 5 heteroatoms. The first kappa shape index (κ1) is 14.5. The lowest BCUT2D eigenvalue weighted by atomic mass is 10.1. The van der Waals surface area contributed by atoms with Crippen LogP contribution in [-0.2, 0) is 4.79 Å². The van der Waals surface area contributed by atoms with Gasteiger partial charge in [0.05, 0.1) is 19.6 Å². The molecule has 0 amide bonds. The van der Waals surface area contributed by atoms with Crippen LogP contribution in [0.2, 0.25) is 0 Å². The first-order valence-corrected chi connectivity index (χ1v) is 5.80. The van der Waals surface area contributed by atoms with Crippen molar-refractivity contribution in [1.29, 1.82) is 0 Å². The Bertz CT molecular complexity index is 394. The number of rotatable bonds is 7. The zero-order valence-corrected chi connectivity index (χ0v) is 10.6. The van der Waals surface area contributed by atoms with Crippen LogP contribution >= 0.6 is 0 Å². The van der Waals surface area contributed by atoms with Gasteiger partial charge in [0.25, 0.3) is 0 Å². The highest BCUT2D eigenvalue weighted by Gasteiger charge is 2.14. The Morgan fingerprint density at radius 2 is 2.11 bits per heavy atom. The van der Waals surface area contributed by atoms with Crippen molar-refractivity contribution in [2.45, 2.75) is 25.5 Å². The van der Waals surface area contributed by atoms with Crippen molar-refractivity contribution in [3.05, 3.63) is 29.8 Å². The summed E-state index contributed by atoms with van der Waals surface area (Å²) in [5.41, 5.74) is 0.975.